The van der Waals surface area contributed by atoms with Gasteiger partial charge in [0.05, 0.1) is 11.1 Å². The number of carbonyl (C=O) groups excluding carboxylic acids is 3. The maximum Gasteiger partial charge on any atom is 0.319 e. The lowest BCUT2D eigenvalue weighted by Gasteiger charge is -2.29. The van der Waals surface area contributed by atoms with E-state index < -0.39 is 11.6 Å². The first-order valence-electron chi connectivity index (χ1n) is 6.89. The highest BCUT2D eigenvalue weighted by atomic mass is 35.5. The van der Waals surface area contributed by atoms with Crippen LogP contribution in [-0.4, -0.2) is 40.7 Å². The maximum absolute atomic E-state index is 12.4. The first-order chi connectivity index (χ1) is 10.3. The Morgan fingerprint density at radius 2 is 1.82 bits per heavy atom. The molecule has 4 amide bonds. The monoisotopic (exact) mass is 323 g/mol. The van der Waals surface area contributed by atoms with Gasteiger partial charge in [-0.2, -0.15) is 0 Å². The van der Waals surface area contributed by atoms with E-state index >= 15 is 0 Å². The lowest BCUT2D eigenvalue weighted by molar-refractivity contribution is 0.0508. The van der Waals surface area contributed by atoms with E-state index in [9.17, 15) is 14.4 Å². The number of nitrogens with zero attached hydrogens (tertiary/aromatic N) is 1. The molecular formula is C15H18ClN3O3. The molecule has 22 heavy (non-hydrogen) atoms. The number of rotatable bonds is 3. The summed E-state index contributed by atoms with van der Waals surface area (Å²) in [5, 5.41) is 5.16. The summed E-state index contributed by atoms with van der Waals surface area (Å²) in [5.74, 6) is -0.353. The number of urea groups is 1. The van der Waals surface area contributed by atoms with E-state index in [1.165, 1.54) is 11.0 Å². The smallest absolute Gasteiger partial charge is 0.319 e. The third kappa shape index (κ3) is 3.06. The second kappa shape index (κ2) is 5.96. The normalized spacial score (nSPS) is 14.1. The highest BCUT2D eigenvalue weighted by Gasteiger charge is 2.41. The van der Waals surface area contributed by atoms with Crippen molar-refractivity contribution in [3.8, 4) is 0 Å². The average molecular weight is 324 g/mol. The van der Waals surface area contributed by atoms with Gasteiger partial charge in [-0.3, -0.25) is 14.5 Å². The van der Waals surface area contributed by atoms with E-state index in [4.69, 9.17) is 11.6 Å². The summed E-state index contributed by atoms with van der Waals surface area (Å²) in [7, 11) is 0. The largest absolute Gasteiger partial charge is 0.337 e. The quantitative estimate of drug-likeness (QED) is 0.662. The standard InChI is InChI=1S/C15H18ClN3O3/c1-15(2,3)19-12(20)10-5-4-9(8-11(10)13(19)21)18-14(22)17-7-6-16/h4-5,8H,6-7H2,1-3H3,(H2,17,18,22). The third-order valence-corrected chi connectivity index (χ3v) is 3.38. The first-order valence-corrected chi connectivity index (χ1v) is 7.43. The Morgan fingerprint density at radius 3 is 2.41 bits per heavy atom. The Hall–Kier alpha value is -2.08. The minimum Gasteiger partial charge on any atom is -0.337 e. The van der Waals surface area contributed by atoms with Crippen LogP contribution in [-0.2, 0) is 0 Å². The molecule has 0 unspecified atom stereocenters. The van der Waals surface area contributed by atoms with Gasteiger partial charge in [-0.25, -0.2) is 4.79 Å². The second-order valence-electron chi connectivity index (χ2n) is 5.95. The van der Waals surface area contributed by atoms with Crippen LogP contribution >= 0.6 is 11.6 Å². The molecular weight excluding hydrogens is 306 g/mol. The number of halogens is 1. The third-order valence-electron chi connectivity index (χ3n) is 3.20. The summed E-state index contributed by atoms with van der Waals surface area (Å²) in [5.41, 5.74) is 0.503. The molecule has 2 N–H and O–H groups in total. The van der Waals surface area contributed by atoms with E-state index in [1.807, 2.05) is 0 Å². The number of nitrogens with one attached hydrogen (secondary N) is 2. The van der Waals surface area contributed by atoms with Crippen molar-refractivity contribution in [3.63, 3.8) is 0 Å². The highest BCUT2D eigenvalue weighted by molar-refractivity contribution is 6.22. The van der Waals surface area contributed by atoms with Crippen molar-refractivity contribution in [2.75, 3.05) is 17.7 Å². The zero-order valence-electron chi connectivity index (χ0n) is 12.7. The number of alkyl halides is 1. The van der Waals surface area contributed by atoms with Gasteiger partial charge in [0.25, 0.3) is 11.8 Å². The van der Waals surface area contributed by atoms with Crippen molar-refractivity contribution in [2.24, 2.45) is 0 Å². The SMILES string of the molecule is CC(C)(C)N1C(=O)c2ccc(NC(=O)NCCCl)cc2C1=O. The number of hydrogen-bond donors (Lipinski definition) is 2. The van der Waals surface area contributed by atoms with Crippen LogP contribution in [0.15, 0.2) is 18.2 Å². The van der Waals surface area contributed by atoms with Gasteiger partial charge in [0, 0.05) is 23.7 Å². The van der Waals surface area contributed by atoms with Crippen molar-refractivity contribution in [3.05, 3.63) is 29.3 Å². The fourth-order valence-corrected chi connectivity index (χ4v) is 2.36. The molecule has 118 valence electrons. The number of benzene rings is 1. The fraction of sp³-hybridized carbons (Fsp3) is 0.400. The van der Waals surface area contributed by atoms with Crippen molar-refractivity contribution in [1.82, 2.24) is 10.2 Å². The molecule has 0 saturated carbocycles. The summed E-state index contributed by atoms with van der Waals surface area (Å²) < 4.78 is 0. The van der Waals surface area contributed by atoms with Crippen molar-refractivity contribution in [1.29, 1.82) is 0 Å². The van der Waals surface area contributed by atoms with Crippen LogP contribution in [0.25, 0.3) is 0 Å². The summed E-state index contributed by atoms with van der Waals surface area (Å²) in [6, 6.07) is 4.25. The van der Waals surface area contributed by atoms with Crippen LogP contribution < -0.4 is 10.6 Å². The molecule has 0 aromatic heterocycles. The lowest BCUT2D eigenvalue weighted by atomic mass is 10.1. The Bertz CT molecular complexity index is 637. The highest BCUT2D eigenvalue weighted by Crippen LogP contribution is 2.30. The van der Waals surface area contributed by atoms with Crippen LogP contribution in [0.1, 0.15) is 41.5 Å². The Balaban J connectivity index is 2.24. The molecule has 7 heteroatoms. The van der Waals surface area contributed by atoms with Crippen molar-refractivity contribution in [2.45, 2.75) is 26.3 Å². The van der Waals surface area contributed by atoms with Crippen LogP contribution in [0.5, 0.6) is 0 Å². The minimum atomic E-state index is -0.599. The van der Waals surface area contributed by atoms with Gasteiger partial charge < -0.3 is 10.6 Å². The molecule has 1 aromatic rings. The van der Waals surface area contributed by atoms with Gasteiger partial charge in [-0.05, 0) is 39.0 Å². The second-order valence-corrected chi connectivity index (χ2v) is 6.32. The predicted octanol–water partition coefficient (Wildman–Crippen LogP) is 2.44. The molecule has 1 aliphatic heterocycles. The van der Waals surface area contributed by atoms with Gasteiger partial charge >= 0.3 is 6.03 Å². The summed E-state index contributed by atoms with van der Waals surface area (Å²) in [6.45, 7) is 5.74. The van der Waals surface area contributed by atoms with Crippen LogP contribution in [0.3, 0.4) is 0 Å². The molecule has 0 aliphatic carbocycles. The maximum atomic E-state index is 12.4. The number of fused-ring (bicyclic) bond motifs is 1. The van der Waals surface area contributed by atoms with Crippen LogP contribution in [0.2, 0.25) is 0 Å². The average Bonchev–Trinajstić information content (AvgIpc) is 2.68. The van der Waals surface area contributed by atoms with Crippen LogP contribution in [0.4, 0.5) is 10.5 Å². The summed E-state index contributed by atoms with van der Waals surface area (Å²) in [6.07, 6.45) is 0. The van der Waals surface area contributed by atoms with Gasteiger partial charge in [0.2, 0.25) is 0 Å². The summed E-state index contributed by atoms with van der Waals surface area (Å²) >= 11 is 5.49. The van der Waals surface area contributed by atoms with Gasteiger partial charge in [-0.1, -0.05) is 0 Å². The topological polar surface area (TPSA) is 78.5 Å². The Labute approximate surface area is 133 Å². The molecule has 0 bridgehead atoms. The molecule has 0 fully saturated rings. The zero-order chi connectivity index (χ0) is 16.5. The number of hydrogen-bond acceptors (Lipinski definition) is 3. The minimum absolute atomic E-state index is 0.301. The summed E-state index contributed by atoms with van der Waals surface area (Å²) in [4.78, 5) is 37.6. The van der Waals surface area contributed by atoms with Crippen molar-refractivity contribution < 1.29 is 14.4 Å². The molecule has 2 rings (SSSR count). The van der Waals surface area contributed by atoms with E-state index in [0.29, 0.717) is 29.2 Å². The van der Waals surface area contributed by atoms with E-state index in [1.54, 1.807) is 32.9 Å². The van der Waals surface area contributed by atoms with Gasteiger partial charge in [0.1, 0.15) is 0 Å². The Kier molecular flexibility index (Phi) is 4.42. The fourth-order valence-electron chi connectivity index (χ4n) is 2.26. The molecule has 0 saturated heterocycles. The number of amides is 4. The predicted molar refractivity (Wildman–Crippen MR) is 84.4 cm³/mol. The van der Waals surface area contributed by atoms with E-state index in [2.05, 4.69) is 10.6 Å². The number of carbonyl (C=O) groups is 3. The molecule has 1 heterocycles. The lowest BCUT2D eigenvalue weighted by Crippen LogP contribution is -2.45. The van der Waals surface area contributed by atoms with Gasteiger partial charge in [0.15, 0.2) is 0 Å². The molecule has 0 radical (unpaired) electrons. The molecule has 1 aliphatic rings. The molecule has 0 atom stereocenters. The van der Waals surface area contributed by atoms with E-state index in [0.717, 1.165) is 0 Å². The first kappa shape index (κ1) is 16.3. The number of imide groups is 1. The van der Waals surface area contributed by atoms with E-state index in [-0.39, 0.29) is 11.8 Å². The van der Waals surface area contributed by atoms with Crippen molar-refractivity contribution >= 4 is 35.1 Å². The Morgan fingerprint density at radius 1 is 1.18 bits per heavy atom. The van der Waals surface area contributed by atoms with Gasteiger partial charge in [-0.15, -0.1) is 11.6 Å². The molecule has 0 spiro atoms. The van der Waals surface area contributed by atoms with Crippen LogP contribution in [0, 0.1) is 0 Å². The number of anilines is 1. The molecule has 6 nitrogen and oxygen atoms in total. The zero-order valence-corrected chi connectivity index (χ0v) is 13.5. The molecule has 1 aromatic carbocycles.